The van der Waals surface area contributed by atoms with Crippen molar-refractivity contribution >= 4 is 22.7 Å². The maximum Gasteiger partial charge on any atom is 0.109 e. The topological polar surface area (TPSA) is 37.8 Å². The Kier molecular flexibility index (Phi) is 4.04. The van der Waals surface area contributed by atoms with E-state index >= 15 is 0 Å². The Balaban J connectivity index is 1.96. The standard InChI is InChI=1S/C11H15N3S2/c1-3-9(11-12-4-5-15-11)13-6-10-8(2)14-7-16-10/h4-5,7,9,13H,3,6H2,1-2H3. The molecule has 0 saturated heterocycles. The van der Waals surface area contributed by atoms with Crippen LogP contribution in [0.15, 0.2) is 17.1 Å². The zero-order chi connectivity index (χ0) is 11.4. The monoisotopic (exact) mass is 253 g/mol. The Hall–Kier alpha value is -0.780. The zero-order valence-electron chi connectivity index (χ0n) is 9.43. The molecule has 0 aromatic carbocycles. The van der Waals surface area contributed by atoms with Gasteiger partial charge in [-0.05, 0) is 13.3 Å². The molecule has 2 aromatic heterocycles. The second kappa shape index (κ2) is 5.52. The summed E-state index contributed by atoms with van der Waals surface area (Å²) >= 11 is 3.42. The average molecular weight is 253 g/mol. The number of aryl methyl sites for hydroxylation is 1. The van der Waals surface area contributed by atoms with Crippen LogP contribution in [0.2, 0.25) is 0 Å². The van der Waals surface area contributed by atoms with Crippen molar-refractivity contribution in [3.63, 3.8) is 0 Å². The van der Waals surface area contributed by atoms with Gasteiger partial charge in [0.05, 0.1) is 17.2 Å². The molecule has 2 heterocycles. The highest BCUT2D eigenvalue weighted by molar-refractivity contribution is 7.10. The molecule has 1 unspecified atom stereocenters. The van der Waals surface area contributed by atoms with Crippen LogP contribution in [0.5, 0.6) is 0 Å². The van der Waals surface area contributed by atoms with Gasteiger partial charge in [-0.25, -0.2) is 9.97 Å². The molecule has 1 N–H and O–H groups in total. The maximum atomic E-state index is 4.35. The minimum Gasteiger partial charge on any atom is -0.303 e. The van der Waals surface area contributed by atoms with E-state index in [0.29, 0.717) is 6.04 Å². The lowest BCUT2D eigenvalue weighted by molar-refractivity contribution is 0.518. The first kappa shape index (κ1) is 11.7. The van der Waals surface area contributed by atoms with Crippen LogP contribution >= 0.6 is 22.7 Å². The van der Waals surface area contributed by atoms with Gasteiger partial charge in [0.2, 0.25) is 0 Å². The molecule has 3 nitrogen and oxygen atoms in total. The molecule has 0 amide bonds. The van der Waals surface area contributed by atoms with Gasteiger partial charge in [-0.15, -0.1) is 22.7 Å². The third-order valence-electron chi connectivity index (χ3n) is 2.51. The van der Waals surface area contributed by atoms with Gasteiger partial charge in [0, 0.05) is 23.0 Å². The number of hydrogen-bond donors (Lipinski definition) is 1. The molecule has 0 aliphatic heterocycles. The molecule has 0 fully saturated rings. The van der Waals surface area contributed by atoms with E-state index in [1.807, 2.05) is 17.1 Å². The molecule has 2 aromatic rings. The number of nitrogens with zero attached hydrogens (tertiary/aromatic N) is 2. The molecule has 0 bridgehead atoms. The first-order chi connectivity index (χ1) is 7.81. The summed E-state index contributed by atoms with van der Waals surface area (Å²) in [6.07, 6.45) is 2.92. The normalized spacial score (nSPS) is 12.9. The molecule has 0 spiro atoms. The summed E-state index contributed by atoms with van der Waals surface area (Å²) in [6, 6.07) is 0.362. The molecule has 2 rings (SSSR count). The molecule has 0 radical (unpaired) electrons. The van der Waals surface area contributed by atoms with Gasteiger partial charge in [-0.1, -0.05) is 6.92 Å². The van der Waals surface area contributed by atoms with Crippen LogP contribution in [-0.4, -0.2) is 9.97 Å². The minimum atomic E-state index is 0.362. The first-order valence-corrected chi connectivity index (χ1v) is 7.09. The lowest BCUT2D eigenvalue weighted by atomic mass is 10.2. The number of rotatable bonds is 5. The SMILES string of the molecule is CCC(NCc1scnc1C)c1nccs1. The van der Waals surface area contributed by atoms with E-state index in [0.717, 1.165) is 18.7 Å². The van der Waals surface area contributed by atoms with Crippen molar-refractivity contribution in [3.05, 3.63) is 32.7 Å². The van der Waals surface area contributed by atoms with Gasteiger partial charge in [0.15, 0.2) is 0 Å². The number of thiazole rings is 2. The first-order valence-electron chi connectivity index (χ1n) is 5.33. The summed E-state index contributed by atoms with van der Waals surface area (Å²) in [5.41, 5.74) is 3.03. The van der Waals surface area contributed by atoms with E-state index in [1.165, 1.54) is 9.88 Å². The predicted molar refractivity (Wildman–Crippen MR) is 68.8 cm³/mol. The van der Waals surface area contributed by atoms with Crippen molar-refractivity contribution in [1.29, 1.82) is 0 Å². The van der Waals surface area contributed by atoms with E-state index in [2.05, 4.69) is 29.1 Å². The highest BCUT2D eigenvalue weighted by Gasteiger charge is 2.12. The van der Waals surface area contributed by atoms with Crippen LogP contribution in [0.4, 0.5) is 0 Å². The van der Waals surface area contributed by atoms with Crippen molar-refractivity contribution in [2.24, 2.45) is 0 Å². The summed E-state index contributed by atoms with van der Waals surface area (Å²) < 4.78 is 0. The molecular weight excluding hydrogens is 238 g/mol. The van der Waals surface area contributed by atoms with E-state index in [9.17, 15) is 0 Å². The fourth-order valence-electron chi connectivity index (χ4n) is 1.52. The smallest absolute Gasteiger partial charge is 0.109 e. The lowest BCUT2D eigenvalue weighted by Gasteiger charge is -2.13. The summed E-state index contributed by atoms with van der Waals surface area (Å²) in [5, 5.41) is 6.73. The van der Waals surface area contributed by atoms with Crippen LogP contribution in [0.1, 0.15) is 35.0 Å². The average Bonchev–Trinajstić information content (AvgIpc) is 2.92. The molecular formula is C11H15N3S2. The van der Waals surface area contributed by atoms with Gasteiger partial charge in [0.1, 0.15) is 5.01 Å². The Morgan fingerprint density at radius 1 is 1.38 bits per heavy atom. The summed E-state index contributed by atoms with van der Waals surface area (Å²) in [7, 11) is 0. The summed E-state index contributed by atoms with van der Waals surface area (Å²) in [6.45, 7) is 5.12. The number of hydrogen-bond acceptors (Lipinski definition) is 5. The maximum absolute atomic E-state index is 4.35. The van der Waals surface area contributed by atoms with E-state index < -0.39 is 0 Å². The largest absolute Gasteiger partial charge is 0.303 e. The van der Waals surface area contributed by atoms with Gasteiger partial charge < -0.3 is 5.32 Å². The van der Waals surface area contributed by atoms with Crippen LogP contribution in [0.25, 0.3) is 0 Å². The lowest BCUT2D eigenvalue weighted by Crippen LogP contribution is -2.19. The third-order valence-corrected chi connectivity index (χ3v) is 4.34. The van der Waals surface area contributed by atoms with Crippen molar-refractivity contribution in [3.8, 4) is 0 Å². The second-order valence-electron chi connectivity index (χ2n) is 3.57. The van der Waals surface area contributed by atoms with E-state index in [1.54, 1.807) is 22.7 Å². The molecule has 0 aliphatic carbocycles. The Morgan fingerprint density at radius 2 is 2.25 bits per heavy atom. The van der Waals surface area contributed by atoms with Crippen molar-refractivity contribution in [1.82, 2.24) is 15.3 Å². The molecule has 0 saturated carbocycles. The predicted octanol–water partition coefficient (Wildman–Crippen LogP) is 3.15. The summed E-state index contributed by atoms with van der Waals surface area (Å²) in [4.78, 5) is 9.92. The molecule has 86 valence electrons. The van der Waals surface area contributed by atoms with Crippen LogP contribution < -0.4 is 5.32 Å². The van der Waals surface area contributed by atoms with Crippen molar-refractivity contribution < 1.29 is 0 Å². The fourth-order valence-corrected chi connectivity index (χ4v) is 3.05. The molecule has 1 atom stereocenters. The Bertz CT molecular complexity index is 422. The van der Waals surface area contributed by atoms with Crippen molar-refractivity contribution in [2.75, 3.05) is 0 Å². The minimum absolute atomic E-state index is 0.362. The summed E-state index contributed by atoms with van der Waals surface area (Å²) in [5.74, 6) is 0. The number of aromatic nitrogens is 2. The van der Waals surface area contributed by atoms with Gasteiger partial charge >= 0.3 is 0 Å². The van der Waals surface area contributed by atoms with E-state index in [-0.39, 0.29) is 0 Å². The van der Waals surface area contributed by atoms with Crippen molar-refractivity contribution in [2.45, 2.75) is 32.9 Å². The van der Waals surface area contributed by atoms with E-state index in [4.69, 9.17) is 0 Å². The zero-order valence-corrected chi connectivity index (χ0v) is 11.1. The second-order valence-corrected chi connectivity index (χ2v) is 5.44. The van der Waals surface area contributed by atoms with Crippen LogP contribution in [0.3, 0.4) is 0 Å². The number of nitrogens with one attached hydrogen (secondary N) is 1. The molecule has 0 aliphatic rings. The van der Waals surface area contributed by atoms with Gasteiger partial charge in [-0.3, -0.25) is 0 Å². The van der Waals surface area contributed by atoms with Gasteiger partial charge in [0.25, 0.3) is 0 Å². The molecule has 16 heavy (non-hydrogen) atoms. The molecule has 5 heteroatoms. The van der Waals surface area contributed by atoms with Gasteiger partial charge in [-0.2, -0.15) is 0 Å². The third kappa shape index (κ3) is 2.66. The Labute approximate surface area is 104 Å². The fraction of sp³-hybridized carbons (Fsp3) is 0.455. The van der Waals surface area contributed by atoms with Crippen LogP contribution in [0, 0.1) is 6.92 Å². The van der Waals surface area contributed by atoms with Crippen LogP contribution in [-0.2, 0) is 6.54 Å². The Morgan fingerprint density at radius 3 is 2.81 bits per heavy atom. The highest BCUT2D eigenvalue weighted by atomic mass is 32.1. The quantitative estimate of drug-likeness (QED) is 0.889. The highest BCUT2D eigenvalue weighted by Crippen LogP contribution is 2.20.